The molecule has 0 saturated carbocycles. The van der Waals surface area contributed by atoms with Gasteiger partial charge in [-0.15, -0.1) is 11.8 Å². The van der Waals surface area contributed by atoms with Crippen LogP contribution in [0.3, 0.4) is 0 Å². The topological polar surface area (TPSA) is 34.1 Å². The molecule has 0 N–H and O–H groups in total. The summed E-state index contributed by atoms with van der Waals surface area (Å²) in [6.07, 6.45) is 0.983. The second-order valence-electron chi connectivity index (χ2n) is 0.843. The van der Waals surface area contributed by atoms with Gasteiger partial charge in [0.15, 0.2) is 0 Å². The van der Waals surface area contributed by atoms with Crippen LogP contribution in [0.5, 0.6) is 0 Å². The minimum absolute atomic E-state index is 0. The molecule has 0 saturated heterocycles. The molecule has 9 heavy (non-hydrogen) atoms. The van der Waals surface area contributed by atoms with Crippen LogP contribution in [0.1, 0.15) is 20.3 Å². The third-order valence-electron chi connectivity index (χ3n) is 0.354. The van der Waals surface area contributed by atoms with Crippen molar-refractivity contribution < 1.29 is 24.8 Å². The van der Waals surface area contributed by atoms with Crippen molar-refractivity contribution in [3.05, 3.63) is 7.43 Å². The van der Waals surface area contributed by atoms with E-state index in [0.717, 1.165) is 6.42 Å². The van der Waals surface area contributed by atoms with Crippen molar-refractivity contribution in [2.24, 2.45) is 0 Å². The molecule has 0 atom stereocenters. The van der Waals surface area contributed by atoms with Crippen molar-refractivity contribution in [3.8, 4) is 11.8 Å². The molecule has 0 aliphatic carbocycles. The Morgan fingerprint density at radius 1 is 1.44 bits per heavy atom. The second kappa shape index (κ2) is 24.9. The number of hydrogen-bond donors (Lipinski definition) is 0. The Balaban J connectivity index is -0.0000000800. The first-order valence-corrected chi connectivity index (χ1v) is 4.34. The van der Waals surface area contributed by atoms with Crippen LogP contribution in [0.25, 0.3) is 0 Å². The Kier molecular flexibility index (Phi) is 44.1. The summed E-state index contributed by atoms with van der Waals surface area (Å²) in [4.78, 5) is 0. The zero-order valence-corrected chi connectivity index (χ0v) is 8.62. The van der Waals surface area contributed by atoms with Gasteiger partial charge in [0.05, 0.1) is 0 Å². The first-order chi connectivity index (χ1) is 3.83. The van der Waals surface area contributed by atoms with Crippen molar-refractivity contribution in [2.75, 3.05) is 0 Å². The Morgan fingerprint density at radius 3 is 1.78 bits per heavy atom. The van der Waals surface area contributed by atoms with Crippen LogP contribution >= 0.6 is 0 Å². The van der Waals surface area contributed by atoms with Gasteiger partial charge in [-0.05, 0) is 6.92 Å². The molecule has 3 heteroatoms. The minimum atomic E-state index is -2.17. The predicted molar refractivity (Wildman–Crippen MR) is 31.5 cm³/mol. The summed E-state index contributed by atoms with van der Waals surface area (Å²) in [6, 6.07) is 0. The van der Waals surface area contributed by atoms with E-state index in [2.05, 4.69) is 11.8 Å². The quantitative estimate of drug-likeness (QED) is 0.503. The van der Waals surface area contributed by atoms with Crippen LogP contribution in [0.4, 0.5) is 0 Å². The Labute approximate surface area is 64.8 Å². The van der Waals surface area contributed by atoms with Gasteiger partial charge in [-0.25, -0.2) is 0 Å². The molecule has 0 aromatic carbocycles. The fourth-order valence-corrected chi connectivity index (χ4v) is 0.177. The van der Waals surface area contributed by atoms with Gasteiger partial charge in [0.25, 0.3) is 0 Å². The second-order valence-corrected chi connectivity index (χ2v) is 1.30. The average Bonchev–Trinajstić information content (AvgIpc) is 1.71. The summed E-state index contributed by atoms with van der Waals surface area (Å²) in [5.41, 5.74) is 0. The van der Waals surface area contributed by atoms with Crippen molar-refractivity contribution in [2.45, 2.75) is 20.3 Å². The van der Waals surface area contributed by atoms with Gasteiger partial charge in [-0.2, -0.15) is 0 Å². The molecule has 2 nitrogen and oxygen atoms in total. The Hall–Kier alpha value is -0.178. The van der Waals surface area contributed by atoms with Gasteiger partial charge in [-0.3, -0.25) is 0 Å². The molecule has 0 amide bonds. The van der Waals surface area contributed by atoms with Crippen molar-refractivity contribution in [1.29, 1.82) is 0 Å². The normalized spacial score (nSPS) is 4.22. The molecular formula is C6H11O2Re-. The predicted octanol–water partition coefficient (Wildman–Crippen LogP) is 1.63. The van der Waals surface area contributed by atoms with E-state index in [-0.39, 0.29) is 7.43 Å². The molecule has 0 unspecified atom stereocenters. The van der Waals surface area contributed by atoms with E-state index >= 15 is 0 Å². The fourth-order valence-electron chi connectivity index (χ4n) is 0.177. The van der Waals surface area contributed by atoms with Gasteiger partial charge in [0, 0.05) is 6.42 Å². The van der Waals surface area contributed by atoms with Crippen LogP contribution < -0.4 is 0 Å². The van der Waals surface area contributed by atoms with Crippen LogP contribution in [0.15, 0.2) is 0 Å². The molecule has 0 rings (SSSR count). The van der Waals surface area contributed by atoms with Crippen LogP contribution in [-0.2, 0) is 24.8 Å². The third-order valence-corrected chi connectivity index (χ3v) is 0.354. The maximum absolute atomic E-state index is 8.53. The fraction of sp³-hybridized carbons (Fsp3) is 0.500. The zero-order chi connectivity index (χ0) is 6.83. The molecule has 0 aromatic rings. The van der Waals surface area contributed by atoms with Crippen molar-refractivity contribution in [1.82, 2.24) is 0 Å². The van der Waals surface area contributed by atoms with E-state index in [1.54, 1.807) is 0 Å². The standard InChI is InChI=1S/C5H8.CH3.2O.Re/c1-3-5-4-2;;;;/h3H2,1-2H3;1H3;;;/q;-1;;;. The van der Waals surface area contributed by atoms with E-state index in [1.807, 2.05) is 13.8 Å². The van der Waals surface area contributed by atoms with E-state index in [1.165, 1.54) is 0 Å². The summed E-state index contributed by atoms with van der Waals surface area (Å²) in [5.74, 6) is 5.63. The Morgan fingerprint density at radius 2 is 1.78 bits per heavy atom. The van der Waals surface area contributed by atoms with Crippen LogP contribution in [-0.4, -0.2) is 0 Å². The SMILES string of the molecule is CC#CCC.[CH3-].[O]=[Re]=[O]. The maximum atomic E-state index is 8.53. The molecule has 0 heterocycles. The molecule has 0 aliphatic heterocycles. The molecule has 0 aliphatic rings. The monoisotopic (exact) mass is 302 g/mol. The summed E-state index contributed by atoms with van der Waals surface area (Å²) in [6.45, 7) is 3.89. The Bertz CT molecular complexity index is 115. The van der Waals surface area contributed by atoms with Gasteiger partial charge in [0.1, 0.15) is 0 Å². The van der Waals surface area contributed by atoms with Gasteiger partial charge < -0.3 is 7.43 Å². The summed E-state index contributed by atoms with van der Waals surface area (Å²) < 4.78 is 17.1. The first kappa shape index (κ1) is 15.9. The molecule has 0 aromatic heterocycles. The third kappa shape index (κ3) is 79.8. The van der Waals surface area contributed by atoms with Crippen LogP contribution in [0.2, 0.25) is 0 Å². The van der Waals surface area contributed by atoms with E-state index < -0.39 is 17.9 Å². The number of hydrogen-bond acceptors (Lipinski definition) is 2. The zero-order valence-electron chi connectivity index (χ0n) is 5.90. The van der Waals surface area contributed by atoms with Gasteiger partial charge in [-0.1, -0.05) is 6.92 Å². The molecule has 0 spiro atoms. The summed E-state index contributed by atoms with van der Waals surface area (Å²) >= 11 is -2.17. The first-order valence-electron chi connectivity index (χ1n) is 2.12. The van der Waals surface area contributed by atoms with Gasteiger partial charge in [0.2, 0.25) is 0 Å². The molecule has 0 fully saturated rings. The van der Waals surface area contributed by atoms with Gasteiger partial charge >= 0.3 is 24.8 Å². The van der Waals surface area contributed by atoms with Crippen LogP contribution in [0, 0.1) is 19.3 Å². The van der Waals surface area contributed by atoms with Crippen molar-refractivity contribution in [3.63, 3.8) is 0 Å². The summed E-state index contributed by atoms with van der Waals surface area (Å²) in [5, 5.41) is 0. The molecular weight excluding hydrogens is 290 g/mol. The molecule has 55 valence electrons. The van der Waals surface area contributed by atoms with E-state index in [4.69, 9.17) is 6.94 Å². The summed E-state index contributed by atoms with van der Waals surface area (Å²) in [7, 11) is 0. The van der Waals surface area contributed by atoms with E-state index in [0.29, 0.717) is 0 Å². The van der Waals surface area contributed by atoms with E-state index in [9.17, 15) is 0 Å². The number of rotatable bonds is 0. The van der Waals surface area contributed by atoms with Crippen molar-refractivity contribution >= 4 is 0 Å². The molecule has 0 bridgehead atoms. The molecule has 0 radical (unpaired) electrons. The average molecular weight is 301 g/mol.